The second kappa shape index (κ2) is 9.79. The van der Waals surface area contributed by atoms with Crippen LogP contribution in [0.3, 0.4) is 0 Å². The highest BCUT2D eigenvalue weighted by atomic mass is 32.2. The Morgan fingerprint density at radius 3 is 2.44 bits per heavy atom. The normalized spacial score (nSPS) is 12.2. The van der Waals surface area contributed by atoms with E-state index in [1.807, 2.05) is 6.92 Å². The van der Waals surface area contributed by atoms with Crippen molar-refractivity contribution in [2.45, 2.75) is 31.4 Å². The molecular formula is C21H23N3O7S. The zero-order valence-corrected chi connectivity index (χ0v) is 18.8. The maximum atomic E-state index is 12.4. The Kier molecular flexibility index (Phi) is 7.11. The van der Waals surface area contributed by atoms with Crippen molar-refractivity contribution in [3.8, 4) is 22.9 Å². The van der Waals surface area contributed by atoms with Crippen LogP contribution >= 0.6 is 0 Å². The lowest BCUT2D eigenvalue weighted by molar-refractivity contribution is -0.147. The monoisotopic (exact) mass is 461 g/mol. The van der Waals surface area contributed by atoms with Gasteiger partial charge in [0, 0.05) is 5.56 Å². The van der Waals surface area contributed by atoms with E-state index in [1.54, 1.807) is 30.3 Å². The molecular weight excluding hydrogens is 438 g/mol. The van der Waals surface area contributed by atoms with Crippen molar-refractivity contribution in [1.82, 2.24) is 14.9 Å². The van der Waals surface area contributed by atoms with Crippen molar-refractivity contribution in [3.63, 3.8) is 0 Å². The summed E-state index contributed by atoms with van der Waals surface area (Å²) < 4.78 is 47.8. The van der Waals surface area contributed by atoms with Crippen LogP contribution in [0.1, 0.15) is 18.4 Å². The van der Waals surface area contributed by atoms with Crippen LogP contribution < -0.4 is 14.2 Å². The first-order valence-electron chi connectivity index (χ1n) is 9.54. The first-order valence-corrected chi connectivity index (χ1v) is 11.0. The quantitative estimate of drug-likeness (QED) is 0.478. The number of rotatable bonds is 9. The number of hydrogen-bond donors (Lipinski definition) is 1. The molecule has 3 rings (SSSR count). The second-order valence-electron chi connectivity index (χ2n) is 6.85. The highest BCUT2D eigenvalue weighted by Crippen LogP contribution is 2.31. The molecule has 170 valence electrons. The van der Waals surface area contributed by atoms with Crippen LogP contribution in [0.25, 0.3) is 11.4 Å². The third-order valence-corrected chi connectivity index (χ3v) is 6.02. The minimum absolute atomic E-state index is 0.0525. The Morgan fingerprint density at radius 2 is 1.78 bits per heavy atom. The molecule has 10 nitrogen and oxygen atoms in total. The van der Waals surface area contributed by atoms with Gasteiger partial charge in [-0.1, -0.05) is 22.9 Å². The SMILES string of the molecule is COc1ccc(-c2noc(COC(=O)C(C)NS(=O)(=O)c3ccc(C)cc3)n2)cc1OC. The van der Waals surface area contributed by atoms with Gasteiger partial charge >= 0.3 is 5.97 Å². The first kappa shape index (κ1) is 23.2. The van der Waals surface area contributed by atoms with Gasteiger partial charge in [-0.15, -0.1) is 0 Å². The molecule has 0 radical (unpaired) electrons. The van der Waals surface area contributed by atoms with Crippen LogP contribution in [-0.2, 0) is 26.2 Å². The van der Waals surface area contributed by atoms with Gasteiger partial charge in [-0.05, 0) is 44.2 Å². The maximum Gasteiger partial charge on any atom is 0.324 e. The molecule has 0 fully saturated rings. The molecule has 11 heteroatoms. The van der Waals surface area contributed by atoms with E-state index in [-0.39, 0.29) is 23.2 Å². The van der Waals surface area contributed by atoms with E-state index < -0.39 is 22.0 Å². The maximum absolute atomic E-state index is 12.4. The van der Waals surface area contributed by atoms with Crippen molar-refractivity contribution >= 4 is 16.0 Å². The fraction of sp³-hybridized carbons (Fsp3) is 0.286. The molecule has 0 amide bonds. The smallest absolute Gasteiger partial charge is 0.324 e. The highest BCUT2D eigenvalue weighted by molar-refractivity contribution is 7.89. The van der Waals surface area contributed by atoms with E-state index in [0.717, 1.165) is 5.56 Å². The van der Waals surface area contributed by atoms with Gasteiger partial charge in [0.05, 0.1) is 19.1 Å². The number of carbonyl (C=O) groups is 1. The Hall–Kier alpha value is -3.44. The summed E-state index contributed by atoms with van der Waals surface area (Å²) in [5.74, 6) is 0.585. The van der Waals surface area contributed by atoms with Gasteiger partial charge < -0.3 is 18.7 Å². The van der Waals surface area contributed by atoms with Crippen molar-refractivity contribution < 1.29 is 31.9 Å². The number of nitrogens with zero attached hydrogens (tertiary/aromatic N) is 2. The molecule has 0 aliphatic carbocycles. The summed E-state index contributed by atoms with van der Waals surface area (Å²) in [6.07, 6.45) is 0. The molecule has 1 N–H and O–H groups in total. The van der Waals surface area contributed by atoms with E-state index in [4.69, 9.17) is 18.7 Å². The average molecular weight is 461 g/mol. The number of aromatic nitrogens is 2. The Balaban J connectivity index is 1.60. The molecule has 1 aromatic heterocycles. The van der Waals surface area contributed by atoms with Gasteiger partial charge in [-0.25, -0.2) is 8.42 Å². The number of esters is 1. The number of aryl methyl sites for hydroxylation is 1. The Bertz CT molecular complexity index is 1190. The molecule has 0 aliphatic rings. The number of hydrogen-bond acceptors (Lipinski definition) is 9. The van der Waals surface area contributed by atoms with E-state index in [2.05, 4.69) is 14.9 Å². The summed E-state index contributed by atoms with van der Waals surface area (Å²) in [6.45, 7) is 2.92. The zero-order chi connectivity index (χ0) is 23.3. The van der Waals surface area contributed by atoms with Crippen molar-refractivity contribution in [2.24, 2.45) is 0 Å². The summed E-state index contributed by atoms with van der Waals surface area (Å²) in [4.78, 5) is 16.5. The number of nitrogens with one attached hydrogen (secondary N) is 1. The third kappa shape index (κ3) is 5.42. The molecule has 0 aliphatic heterocycles. The van der Waals surface area contributed by atoms with E-state index in [9.17, 15) is 13.2 Å². The number of carbonyl (C=O) groups excluding carboxylic acids is 1. The van der Waals surface area contributed by atoms with Gasteiger partial charge in [0.1, 0.15) is 6.04 Å². The molecule has 1 heterocycles. The van der Waals surface area contributed by atoms with E-state index >= 15 is 0 Å². The summed E-state index contributed by atoms with van der Waals surface area (Å²) in [5.41, 5.74) is 1.53. The molecule has 2 aromatic carbocycles. The zero-order valence-electron chi connectivity index (χ0n) is 18.0. The van der Waals surface area contributed by atoms with Crippen molar-refractivity contribution in [2.75, 3.05) is 14.2 Å². The number of methoxy groups -OCH3 is 2. The molecule has 1 atom stereocenters. The highest BCUT2D eigenvalue weighted by Gasteiger charge is 2.24. The minimum atomic E-state index is -3.87. The van der Waals surface area contributed by atoms with Crippen LogP contribution in [-0.4, -0.2) is 44.8 Å². The van der Waals surface area contributed by atoms with Gasteiger partial charge in [0.25, 0.3) is 5.89 Å². The summed E-state index contributed by atoms with van der Waals surface area (Å²) in [6, 6.07) is 10.3. The summed E-state index contributed by atoms with van der Waals surface area (Å²) >= 11 is 0. The number of sulfonamides is 1. The van der Waals surface area contributed by atoms with E-state index in [0.29, 0.717) is 17.1 Å². The molecule has 0 spiro atoms. The lowest BCUT2D eigenvalue weighted by atomic mass is 10.2. The van der Waals surface area contributed by atoms with Gasteiger partial charge in [0.2, 0.25) is 15.8 Å². The predicted octanol–water partition coefficient (Wildman–Crippen LogP) is 2.47. The van der Waals surface area contributed by atoms with Crippen LogP contribution in [0.4, 0.5) is 0 Å². The average Bonchev–Trinajstić information content (AvgIpc) is 3.26. The molecule has 0 bridgehead atoms. The molecule has 0 saturated heterocycles. The fourth-order valence-electron chi connectivity index (χ4n) is 2.73. The van der Waals surface area contributed by atoms with Crippen LogP contribution in [0, 0.1) is 6.92 Å². The Morgan fingerprint density at radius 1 is 1.09 bits per heavy atom. The molecule has 0 saturated carbocycles. The van der Waals surface area contributed by atoms with Crippen LogP contribution in [0.2, 0.25) is 0 Å². The van der Waals surface area contributed by atoms with Gasteiger partial charge in [0.15, 0.2) is 18.1 Å². The van der Waals surface area contributed by atoms with Crippen LogP contribution in [0.15, 0.2) is 51.9 Å². The number of benzene rings is 2. The van der Waals surface area contributed by atoms with E-state index in [1.165, 1.54) is 33.3 Å². The molecule has 1 unspecified atom stereocenters. The first-order chi connectivity index (χ1) is 15.2. The molecule has 3 aromatic rings. The lowest BCUT2D eigenvalue weighted by Crippen LogP contribution is -2.39. The topological polar surface area (TPSA) is 130 Å². The molecule has 32 heavy (non-hydrogen) atoms. The fourth-order valence-corrected chi connectivity index (χ4v) is 3.92. The third-order valence-electron chi connectivity index (χ3n) is 4.46. The van der Waals surface area contributed by atoms with Gasteiger partial charge in [-0.2, -0.15) is 9.71 Å². The van der Waals surface area contributed by atoms with Gasteiger partial charge in [-0.3, -0.25) is 4.79 Å². The minimum Gasteiger partial charge on any atom is -0.493 e. The number of ether oxygens (including phenoxy) is 3. The van der Waals surface area contributed by atoms with Crippen LogP contribution in [0.5, 0.6) is 11.5 Å². The summed E-state index contributed by atoms with van der Waals surface area (Å²) in [7, 11) is -0.834. The van der Waals surface area contributed by atoms with Crippen molar-refractivity contribution in [3.05, 3.63) is 53.9 Å². The lowest BCUT2D eigenvalue weighted by Gasteiger charge is -2.13. The van der Waals surface area contributed by atoms with Crippen molar-refractivity contribution in [1.29, 1.82) is 0 Å². The summed E-state index contributed by atoms with van der Waals surface area (Å²) in [5, 5.41) is 3.86. The largest absolute Gasteiger partial charge is 0.493 e. The Labute approximate surface area is 185 Å². The second-order valence-corrected chi connectivity index (χ2v) is 8.56. The standard InChI is InChI=1S/C21H23N3O7S/c1-13-5-8-16(9-6-13)32(26,27)24-14(2)21(25)30-12-19-22-20(23-31-19)15-7-10-17(28-3)18(11-15)29-4/h5-11,14,24H,12H2,1-4H3. The predicted molar refractivity (Wildman–Crippen MR) is 114 cm³/mol.